The van der Waals surface area contributed by atoms with E-state index in [1.54, 1.807) is 6.08 Å². The molecule has 0 radical (unpaired) electrons. The minimum atomic E-state index is -0.792. The highest BCUT2D eigenvalue weighted by atomic mass is 16.4. The maximum Gasteiger partial charge on any atom is 0.331 e. The van der Waals surface area contributed by atoms with E-state index in [1.807, 2.05) is 6.92 Å². The van der Waals surface area contributed by atoms with Crippen LogP contribution in [0.5, 0.6) is 0 Å². The fraction of sp³-hybridized carbons (Fsp3) is 0.769. The summed E-state index contributed by atoms with van der Waals surface area (Å²) in [6.45, 7) is 3.57. The van der Waals surface area contributed by atoms with Crippen molar-refractivity contribution in [2.24, 2.45) is 5.92 Å². The molecule has 3 nitrogen and oxygen atoms in total. The van der Waals surface area contributed by atoms with E-state index in [9.17, 15) is 4.79 Å². The van der Waals surface area contributed by atoms with E-state index < -0.39 is 5.97 Å². The molecule has 0 aromatic rings. The van der Waals surface area contributed by atoms with Gasteiger partial charge in [-0.3, -0.25) is 0 Å². The smallest absolute Gasteiger partial charge is 0.331 e. The van der Waals surface area contributed by atoms with Crippen LogP contribution < -0.4 is 5.32 Å². The van der Waals surface area contributed by atoms with Crippen LogP contribution in [0.15, 0.2) is 11.6 Å². The van der Waals surface area contributed by atoms with E-state index in [0.29, 0.717) is 18.5 Å². The van der Waals surface area contributed by atoms with Crippen molar-refractivity contribution in [3.05, 3.63) is 11.6 Å². The van der Waals surface area contributed by atoms with Gasteiger partial charge in [0.05, 0.1) is 0 Å². The van der Waals surface area contributed by atoms with Gasteiger partial charge >= 0.3 is 5.97 Å². The Hall–Kier alpha value is -0.830. The molecule has 0 aliphatic heterocycles. The van der Waals surface area contributed by atoms with Gasteiger partial charge in [-0.15, -0.1) is 0 Å². The fourth-order valence-corrected chi connectivity index (χ4v) is 2.29. The monoisotopic (exact) mass is 225 g/mol. The van der Waals surface area contributed by atoms with Crippen molar-refractivity contribution in [1.82, 2.24) is 5.32 Å². The van der Waals surface area contributed by atoms with Gasteiger partial charge in [-0.25, -0.2) is 4.79 Å². The highest BCUT2D eigenvalue weighted by Gasteiger charge is 2.13. The Morgan fingerprint density at radius 2 is 2.12 bits per heavy atom. The summed E-state index contributed by atoms with van der Waals surface area (Å²) >= 11 is 0. The number of rotatable bonds is 7. The predicted octanol–water partition coefficient (Wildman–Crippen LogP) is 2.58. The quantitative estimate of drug-likeness (QED) is 0.517. The molecule has 1 aliphatic rings. The Labute approximate surface area is 97.9 Å². The number of carboxylic acids is 1. The molecule has 0 unspecified atom stereocenters. The summed E-state index contributed by atoms with van der Waals surface area (Å²) in [5.41, 5.74) is 0.508. The van der Waals surface area contributed by atoms with Gasteiger partial charge < -0.3 is 10.4 Å². The lowest BCUT2D eigenvalue weighted by Crippen LogP contribution is -2.18. The van der Waals surface area contributed by atoms with Crippen LogP contribution in [0.4, 0.5) is 0 Å². The second-order valence-electron chi connectivity index (χ2n) is 4.53. The van der Waals surface area contributed by atoms with Gasteiger partial charge in [0.1, 0.15) is 0 Å². The van der Waals surface area contributed by atoms with Crippen molar-refractivity contribution in [2.75, 3.05) is 13.1 Å². The maximum absolute atomic E-state index is 10.7. The molecule has 0 aromatic carbocycles. The molecule has 0 heterocycles. The van der Waals surface area contributed by atoms with Crippen LogP contribution in [0.3, 0.4) is 0 Å². The van der Waals surface area contributed by atoms with Crippen molar-refractivity contribution >= 4 is 5.97 Å². The van der Waals surface area contributed by atoms with E-state index in [1.165, 1.54) is 32.1 Å². The van der Waals surface area contributed by atoms with Crippen molar-refractivity contribution < 1.29 is 9.90 Å². The molecule has 2 N–H and O–H groups in total. The van der Waals surface area contributed by atoms with Crippen molar-refractivity contribution in [3.63, 3.8) is 0 Å². The zero-order chi connectivity index (χ0) is 11.8. The summed E-state index contributed by atoms with van der Waals surface area (Å²) in [6, 6.07) is 0. The third-order valence-electron chi connectivity index (χ3n) is 3.35. The zero-order valence-corrected chi connectivity index (χ0v) is 10.2. The van der Waals surface area contributed by atoms with Crippen LogP contribution in [0, 0.1) is 5.92 Å². The molecule has 1 aliphatic carbocycles. The number of carbonyl (C=O) groups is 1. The molecule has 1 fully saturated rings. The van der Waals surface area contributed by atoms with Crippen LogP contribution in [0.1, 0.15) is 45.4 Å². The maximum atomic E-state index is 10.7. The van der Waals surface area contributed by atoms with Gasteiger partial charge in [0, 0.05) is 12.1 Å². The Bertz CT molecular complexity index is 242. The Kier molecular flexibility index (Phi) is 6.16. The van der Waals surface area contributed by atoms with E-state index >= 15 is 0 Å². The number of aliphatic carboxylic acids is 1. The first kappa shape index (κ1) is 13.2. The standard InChI is InChI=1S/C13H23NO2/c1-2-12(13(15)16)8-10-14-9-7-11-5-3-4-6-11/h8,11,14H,2-7,9-10H2,1H3,(H,15,16). The first-order valence-corrected chi connectivity index (χ1v) is 6.37. The zero-order valence-electron chi connectivity index (χ0n) is 10.2. The van der Waals surface area contributed by atoms with E-state index in [2.05, 4.69) is 5.32 Å². The molecule has 0 amide bonds. The molecule has 3 heteroatoms. The number of carboxylic acid groups (broad SMARTS) is 1. The molecule has 0 bridgehead atoms. The lowest BCUT2D eigenvalue weighted by molar-refractivity contribution is -0.132. The largest absolute Gasteiger partial charge is 0.478 e. The fourth-order valence-electron chi connectivity index (χ4n) is 2.29. The van der Waals surface area contributed by atoms with E-state index in [4.69, 9.17) is 5.11 Å². The number of hydrogen-bond acceptors (Lipinski definition) is 2. The number of nitrogens with one attached hydrogen (secondary N) is 1. The third kappa shape index (κ3) is 4.79. The summed E-state index contributed by atoms with van der Waals surface area (Å²) in [5.74, 6) is 0.113. The van der Waals surface area contributed by atoms with Crippen LogP contribution in [-0.2, 0) is 4.79 Å². The highest BCUT2D eigenvalue weighted by molar-refractivity contribution is 5.86. The van der Waals surface area contributed by atoms with E-state index in [-0.39, 0.29) is 0 Å². The van der Waals surface area contributed by atoms with Gasteiger partial charge in [-0.2, -0.15) is 0 Å². The Morgan fingerprint density at radius 1 is 1.44 bits per heavy atom. The normalized spacial score (nSPS) is 17.9. The molecule has 92 valence electrons. The van der Waals surface area contributed by atoms with Crippen LogP contribution >= 0.6 is 0 Å². The molecule has 0 atom stereocenters. The average Bonchev–Trinajstić information content (AvgIpc) is 2.75. The molecule has 0 saturated heterocycles. The predicted molar refractivity (Wildman–Crippen MR) is 65.5 cm³/mol. The molecule has 0 spiro atoms. The van der Waals surface area contributed by atoms with Gasteiger partial charge in [-0.1, -0.05) is 38.7 Å². The lowest BCUT2D eigenvalue weighted by atomic mass is 10.0. The molecular formula is C13H23NO2. The molecule has 0 aromatic heterocycles. The van der Waals surface area contributed by atoms with Crippen LogP contribution in [0.2, 0.25) is 0 Å². The average molecular weight is 225 g/mol. The van der Waals surface area contributed by atoms with Gasteiger partial charge in [0.2, 0.25) is 0 Å². The summed E-state index contributed by atoms with van der Waals surface area (Å²) < 4.78 is 0. The van der Waals surface area contributed by atoms with Crippen LogP contribution in [0.25, 0.3) is 0 Å². The first-order valence-electron chi connectivity index (χ1n) is 6.37. The molecule has 1 saturated carbocycles. The third-order valence-corrected chi connectivity index (χ3v) is 3.35. The topological polar surface area (TPSA) is 49.3 Å². The minimum Gasteiger partial charge on any atom is -0.478 e. The molecule has 16 heavy (non-hydrogen) atoms. The SMILES string of the molecule is CCC(=CCNCCC1CCCC1)C(=O)O. The molecule has 1 rings (SSSR count). The Balaban J connectivity index is 2.08. The lowest BCUT2D eigenvalue weighted by Gasteiger charge is -2.08. The van der Waals surface area contributed by atoms with Crippen LogP contribution in [-0.4, -0.2) is 24.2 Å². The highest BCUT2D eigenvalue weighted by Crippen LogP contribution is 2.26. The first-order chi connectivity index (χ1) is 7.74. The van der Waals surface area contributed by atoms with Crippen molar-refractivity contribution in [2.45, 2.75) is 45.4 Å². The van der Waals surface area contributed by atoms with Crippen molar-refractivity contribution in [3.8, 4) is 0 Å². The van der Waals surface area contributed by atoms with Gasteiger partial charge in [0.25, 0.3) is 0 Å². The van der Waals surface area contributed by atoms with Gasteiger partial charge in [-0.05, 0) is 25.3 Å². The Morgan fingerprint density at radius 3 is 2.69 bits per heavy atom. The summed E-state index contributed by atoms with van der Waals surface area (Å²) in [5, 5.41) is 12.1. The summed E-state index contributed by atoms with van der Waals surface area (Å²) in [4.78, 5) is 10.7. The second-order valence-corrected chi connectivity index (χ2v) is 4.53. The summed E-state index contributed by atoms with van der Waals surface area (Å²) in [7, 11) is 0. The minimum absolute atomic E-state index is 0.508. The second kappa shape index (κ2) is 7.44. The summed E-state index contributed by atoms with van der Waals surface area (Å²) in [6.07, 6.45) is 9.17. The van der Waals surface area contributed by atoms with Crippen molar-refractivity contribution in [1.29, 1.82) is 0 Å². The van der Waals surface area contributed by atoms with E-state index in [0.717, 1.165) is 12.5 Å². The van der Waals surface area contributed by atoms with Gasteiger partial charge in [0.15, 0.2) is 0 Å². The molecular weight excluding hydrogens is 202 g/mol. The number of hydrogen-bond donors (Lipinski definition) is 2.